The molecule has 1 aliphatic heterocycles. The number of nitrogens with zero attached hydrogens (tertiary/aromatic N) is 4. The number of aryl methyl sites for hydroxylation is 1. The van der Waals surface area contributed by atoms with Crippen molar-refractivity contribution in [3.63, 3.8) is 0 Å². The summed E-state index contributed by atoms with van der Waals surface area (Å²) >= 11 is 6.35. The second-order valence-electron chi connectivity index (χ2n) is 6.85. The average molecular weight is 397 g/mol. The average Bonchev–Trinajstić information content (AvgIpc) is 3.12. The number of pyridine rings is 1. The zero-order valence-electron chi connectivity index (χ0n) is 16.0. The Balaban J connectivity index is 1.76. The number of halogens is 1. The van der Waals surface area contributed by atoms with Gasteiger partial charge in [0.2, 0.25) is 0 Å². The van der Waals surface area contributed by atoms with Crippen molar-refractivity contribution in [1.82, 2.24) is 14.8 Å². The Morgan fingerprint density at radius 1 is 1.29 bits per heavy atom. The first-order chi connectivity index (χ1) is 13.5. The van der Waals surface area contributed by atoms with Gasteiger partial charge in [0.15, 0.2) is 0 Å². The molecule has 0 saturated heterocycles. The smallest absolute Gasteiger partial charge is 0.277 e. The van der Waals surface area contributed by atoms with E-state index in [2.05, 4.69) is 10.1 Å². The van der Waals surface area contributed by atoms with Crippen LogP contribution in [0.5, 0.6) is 5.75 Å². The van der Waals surface area contributed by atoms with Crippen molar-refractivity contribution in [3.05, 3.63) is 59.1 Å². The van der Waals surface area contributed by atoms with Crippen molar-refractivity contribution in [3.8, 4) is 16.9 Å². The Kier molecular flexibility index (Phi) is 4.81. The van der Waals surface area contributed by atoms with Gasteiger partial charge in [0, 0.05) is 29.7 Å². The number of hydrogen-bond acceptors (Lipinski definition) is 4. The van der Waals surface area contributed by atoms with Gasteiger partial charge in [-0.2, -0.15) is 5.10 Å². The van der Waals surface area contributed by atoms with Crippen LogP contribution < -0.4 is 9.64 Å². The number of hydrogen-bond donors (Lipinski definition) is 0. The predicted molar refractivity (Wildman–Crippen MR) is 109 cm³/mol. The molecule has 2 aromatic heterocycles. The number of fused-ring (bicyclic) bond motifs is 1. The maximum atomic E-state index is 13.4. The first-order valence-electron chi connectivity index (χ1n) is 9.24. The third kappa shape index (κ3) is 3.14. The highest BCUT2D eigenvalue weighted by atomic mass is 35.5. The maximum absolute atomic E-state index is 13.4. The fraction of sp³-hybridized carbons (Fsp3) is 0.286. The lowest BCUT2D eigenvalue weighted by Crippen LogP contribution is -2.42. The minimum atomic E-state index is -0.0970. The predicted octanol–water partition coefficient (Wildman–Crippen LogP) is 4.53. The van der Waals surface area contributed by atoms with E-state index < -0.39 is 0 Å². The molecule has 144 valence electrons. The Labute approximate surface area is 168 Å². The number of carbonyl (C=O) groups excluding carboxylic acids is 1. The van der Waals surface area contributed by atoms with Gasteiger partial charge in [-0.05, 0) is 56.7 Å². The number of aromatic nitrogens is 3. The highest BCUT2D eigenvalue weighted by Gasteiger charge is 2.34. The fourth-order valence-electron chi connectivity index (χ4n) is 3.54. The van der Waals surface area contributed by atoms with Crippen LogP contribution in [-0.4, -0.2) is 33.8 Å². The quantitative estimate of drug-likeness (QED) is 0.650. The van der Waals surface area contributed by atoms with Crippen molar-refractivity contribution in [1.29, 1.82) is 0 Å². The largest absolute Gasteiger partial charge is 0.492 e. The third-order valence-electron chi connectivity index (χ3n) is 4.84. The summed E-state index contributed by atoms with van der Waals surface area (Å²) in [7, 11) is 0. The summed E-state index contributed by atoms with van der Waals surface area (Å²) in [6.07, 6.45) is 3.50. The molecule has 1 atom stereocenters. The van der Waals surface area contributed by atoms with E-state index in [0.29, 0.717) is 29.6 Å². The van der Waals surface area contributed by atoms with Gasteiger partial charge in [-0.3, -0.25) is 14.5 Å². The Bertz CT molecular complexity index is 1050. The second kappa shape index (κ2) is 7.28. The van der Waals surface area contributed by atoms with E-state index in [1.807, 2.05) is 39.0 Å². The van der Waals surface area contributed by atoms with Crippen molar-refractivity contribution in [2.45, 2.75) is 26.8 Å². The van der Waals surface area contributed by atoms with Crippen LogP contribution in [0, 0.1) is 6.92 Å². The summed E-state index contributed by atoms with van der Waals surface area (Å²) in [4.78, 5) is 19.4. The number of carbonyl (C=O) groups is 1. The van der Waals surface area contributed by atoms with Gasteiger partial charge in [0.05, 0.1) is 23.9 Å². The molecule has 28 heavy (non-hydrogen) atoms. The fourth-order valence-corrected chi connectivity index (χ4v) is 3.77. The van der Waals surface area contributed by atoms with E-state index in [9.17, 15) is 4.79 Å². The molecule has 0 saturated carbocycles. The van der Waals surface area contributed by atoms with Crippen molar-refractivity contribution >= 4 is 23.2 Å². The zero-order chi connectivity index (χ0) is 19.8. The Morgan fingerprint density at radius 3 is 2.82 bits per heavy atom. The number of ether oxygens (including phenoxy) is 1. The van der Waals surface area contributed by atoms with E-state index in [-0.39, 0.29) is 11.9 Å². The third-order valence-corrected chi connectivity index (χ3v) is 5.14. The molecule has 3 aromatic rings. The molecule has 6 nitrogen and oxygen atoms in total. The van der Waals surface area contributed by atoms with Gasteiger partial charge in [-0.15, -0.1) is 0 Å². The molecule has 0 fully saturated rings. The van der Waals surface area contributed by atoms with Crippen LogP contribution in [0.4, 0.5) is 5.69 Å². The van der Waals surface area contributed by atoms with Crippen LogP contribution in [0.2, 0.25) is 5.02 Å². The van der Waals surface area contributed by atoms with Gasteiger partial charge >= 0.3 is 0 Å². The molecule has 0 aliphatic carbocycles. The standard InChI is InChI=1S/C21H21ClN4O2/c1-4-28-19-6-5-16(10-18(19)22)25-12-14(3)26-20(21(25)27)17(11-24-26)15-7-8-23-13(2)9-15/h5-11,14H,4,12H2,1-3H3/t14-/m0/s1. The van der Waals surface area contributed by atoms with E-state index in [0.717, 1.165) is 22.5 Å². The van der Waals surface area contributed by atoms with Gasteiger partial charge in [-0.25, -0.2) is 0 Å². The molecular weight excluding hydrogens is 376 g/mol. The van der Waals surface area contributed by atoms with Gasteiger partial charge in [0.25, 0.3) is 5.91 Å². The van der Waals surface area contributed by atoms with Crippen molar-refractivity contribution in [2.24, 2.45) is 0 Å². The Hall–Kier alpha value is -2.86. The lowest BCUT2D eigenvalue weighted by molar-refractivity contribution is 0.0954. The minimum Gasteiger partial charge on any atom is -0.492 e. The van der Waals surface area contributed by atoms with Crippen LogP contribution in [0.15, 0.2) is 42.7 Å². The van der Waals surface area contributed by atoms with E-state index in [1.54, 1.807) is 34.1 Å². The molecule has 7 heteroatoms. The maximum Gasteiger partial charge on any atom is 0.277 e. The number of rotatable bonds is 4. The number of benzene rings is 1. The van der Waals surface area contributed by atoms with Crippen LogP contribution in [0.25, 0.3) is 11.1 Å². The van der Waals surface area contributed by atoms with Gasteiger partial charge < -0.3 is 9.64 Å². The molecule has 3 heterocycles. The van der Waals surface area contributed by atoms with E-state index in [1.165, 1.54) is 0 Å². The summed E-state index contributed by atoms with van der Waals surface area (Å²) in [5.41, 5.74) is 3.96. The summed E-state index contributed by atoms with van der Waals surface area (Å²) < 4.78 is 7.31. The normalized spacial score (nSPS) is 16.2. The number of anilines is 1. The summed E-state index contributed by atoms with van der Waals surface area (Å²) in [5, 5.41) is 4.97. The highest BCUT2D eigenvalue weighted by molar-refractivity contribution is 6.32. The van der Waals surface area contributed by atoms with Crippen LogP contribution >= 0.6 is 11.6 Å². The highest BCUT2D eigenvalue weighted by Crippen LogP contribution is 2.35. The minimum absolute atomic E-state index is 0.0368. The van der Waals surface area contributed by atoms with Gasteiger partial charge in [-0.1, -0.05) is 11.6 Å². The summed E-state index contributed by atoms with van der Waals surface area (Å²) in [6, 6.07) is 9.34. The number of amides is 1. The summed E-state index contributed by atoms with van der Waals surface area (Å²) in [6.45, 7) is 6.94. The lowest BCUT2D eigenvalue weighted by Gasteiger charge is -2.32. The van der Waals surface area contributed by atoms with Crippen LogP contribution in [0.3, 0.4) is 0 Å². The molecule has 1 aliphatic rings. The van der Waals surface area contributed by atoms with Gasteiger partial charge in [0.1, 0.15) is 11.4 Å². The first kappa shape index (κ1) is 18.5. The first-order valence-corrected chi connectivity index (χ1v) is 9.62. The topological polar surface area (TPSA) is 60.2 Å². The molecule has 4 rings (SSSR count). The van der Waals surface area contributed by atoms with E-state index in [4.69, 9.17) is 16.3 Å². The Morgan fingerprint density at radius 2 is 2.11 bits per heavy atom. The molecule has 0 radical (unpaired) electrons. The molecule has 1 aromatic carbocycles. The van der Waals surface area contributed by atoms with Crippen molar-refractivity contribution < 1.29 is 9.53 Å². The van der Waals surface area contributed by atoms with Crippen LogP contribution in [-0.2, 0) is 0 Å². The van der Waals surface area contributed by atoms with E-state index >= 15 is 0 Å². The van der Waals surface area contributed by atoms with Crippen molar-refractivity contribution in [2.75, 3.05) is 18.1 Å². The zero-order valence-corrected chi connectivity index (χ0v) is 16.8. The molecule has 0 spiro atoms. The lowest BCUT2D eigenvalue weighted by atomic mass is 10.0. The molecule has 1 amide bonds. The summed E-state index contributed by atoms with van der Waals surface area (Å²) in [5.74, 6) is 0.517. The SMILES string of the molecule is CCOc1ccc(N2C[C@H](C)n3ncc(-c4ccnc(C)c4)c3C2=O)cc1Cl. The molecular formula is C21H21ClN4O2. The molecule has 0 unspecified atom stereocenters. The second-order valence-corrected chi connectivity index (χ2v) is 7.26. The monoisotopic (exact) mass is 396 g/mol. The molecule has 0 bridgehead atoms. The molecule has 0 N–H and O–H groups in total. The van der Waals surface area contributed by atoms with Crippen LogP contribution in [0.1, 0.15) is 36.1 Å².